The lowest BCUT2D eigenvalue weighted by atomic mass is 9.91. The smallest absolute Gasteiger partial charge is 0.124 e. The lowest BCUT2D eigenvalue weighted by molar-refractivity contribution is 1.37. The minimum Gasteiger partial charge on any atom is -0.255 e. The molecule has 6 aromatic heterocycles. The first-order valence-corrected chi connectivity index (χ1v) is 42.3. The molecular formula is C111H65N3S3. The van der Waals surface area contributed by atoms with Gasteiger partial charge in [-0.05, 0) is 213 Å². The van der Waals surface area contributed by atoms with Crippen LogP contribution < -0.4 is 0 Å². The van der Waals surface area contributed by atoms with Gasteiger partial charge in [0.15, 0.2) is 0 Å². The van der Waals surface area contributed by atoms with Crippen molar-refractivity contribution in [2.24, 2.45) is 0 Å². The summed E-state index contributed by atoms with van der Waals surface area (Å²) >= 11 is 5.41. The third-order valence-corrected chi connectivity index (χ3v) is 27.6. The molecule has 542 valence electrons. The van der Waals surface area contributed by atoms with Gasteiger partial charge in [0.2, 0.25) is 0 Å². The number of fused-ring (bicyclic) bond motifs is 33. The molecule has 6 heterocycles. The number of hydrogen-bond donors (Lipinski definition) is 0. The van der Waals surface area contributed by atoms with E-state index >= 15 is 0 Å². The molecule has 117 heavy (non-hydrogen) atoms. The molecule has 6 heteroatoms. The van der Waals surface area contributed by atoms with E-state index in [1.54, 1.807) is 22.7 Å². The molecule has 0 saturated heterocycles. The Labute approximate surface area is 684 Å². The van der Waals surface area contributed by atoms with Crippen molar-refractivity contribution in [3.05, 3.63) is 395 Å². The quantitative estimate of drug-likeness (QED) is 0.161. The lowest BCUT2D eigenvalue weighted by Crippen LogP contribution is -1.91. The van der Waals surface area contributed by atoms with Crippen molar-refractivity contribution in [1.29, 1.82) is 0 Å². The van der Waals surface area contributed by atoms with E-state index in [-0.39, 0.29) is 0 Å². The van der Waals surface area contributed by atoms with Crippen LogP contribution in [-0.2, 0) is 0 Å². The zero-order chi connectivity index (χ0) is 76.8. The molecular weight excluding hydrogens is 1470 g/mol. The number of aromatic nitrogens is 3. The van der Waals surface area contributed by atoms with E-state index in [4.69, 9.17) is 15.0 Å². The molecule has 0 atom stereocenters. The Bertz CT molecular complexity index is 8540. The zero-order valence-electron chi connectivity index (χ0n) is 63.1. The zero-order valence-corrected chi connectivity index (χ0v) is 65.5. The molecule has 26 rings (SSSR count). The molecule has 0 unspecified atom stereocenters. The van der Waals surface area contributed by atoms with Crippen molar-refractivity contribution in [3.8, 4) is 56.0 Å². The molecule has 26 aromatic rings. The third kappa shape index (κ3) is 11.0. The first-order chi connectivity index (χ1) is 58.0. The van der Waals surface area contributed by atoms with Gasteiger partial charge in [0.1, 0.15) is 4.83 Å². The van der Waals surface area contributed by atoms with Crippen LogP contribution in [0.15, 0.2) is 395 Å². The van der Waals surface area contributed by atoms with Crippen molar-refractivity contribution in [2.75, 3.05) is 0 Å². The van der Waals surface area contributed by atoms with Gasteiger partial charge in [-0.25, -0.2) is 9.97 Å². The normalized spacial score (nSPS) is 11.9. The van der Waals surface area contributed by atoms with Crippen LogP contribution in [0.5, 0.6) is 0 Å². The molecule has 0 bridgehead atoms. The van der Waals surface area contributed by atoms with Gasteiger partial charge in [-0.3, -0.25) is 4.98 Å². The Kier molecular flexibility index (Phi) is 15.6. The molecule has 0 aliphatic carbocycles. The van der Waals surface area contributed by atoms with Crippen LogP contribution >= 0.6 is 34.0 Å². The minimum atomic E-state index is 0.994. The molecule has 0 spiro atoms. The molecule has 0 amide bonds. The molecule has 20 aromatic carbocycles. The van der Waals surface area contributed by atoms with Gasteiger partial charge < -0.3 is 0 Å². The van der Waals surface area contributed by atoms with Crippen molar-refractivity contribution in [1.82, 2.24) is 15.0 Å². The van der Waals surface area contributed by atoms with Crippen LogP contribution in [0.1, 0.15) is 0 Å². The molecule has 3 nitrogen and oxygen atoms in total. The fourth-order valence-electron chi connectivity index (χ4n) is 18.8. The number of benzene rings is 20. The highest BCUT2D eigenvalue weighted by atomic mass is 32.1. The first-order valence-electron chi connectivity index (χ1n) is 39.8. The predicted molar refractivity (Wildman–Crippen MR) is 509 cm³/mol. The van der Waals surface area contributed by atoms with Crippen LogP contribution in [0.3, 0.4) is 0 Å². The lowest BCUT2D eigenvalue weighted by Gasteiger charge is -2.14. The first kappa shape index (κ1) is 67.2. The van der Waals surface area contributed by atoms with Gasteiger partial charge in [-0.15, -0.1) is 34.0 Å². The fraction of sp³-hybridized carbons (Fsp3) is 0. The van der Waals surface area contributed by atoms with Gasteiger partial charge in [-0.2, -0.15) is 0 Å². The average Bonchev–Trinajstić information content (AvgIpc) is 1.60. The van der Waals surface area contributed by atoms with Crippen molar-refractivity contribution in [2.45, 2.75) is 0 Å². The van der Waals surface area contributed by atoms with Gasteiger partial charge in [-0.1, -0.05) is 315 Å². The Morgan fingerprint density at radius 2 is 0.453 bits per heavy atom. The average molecular weight is 1540 g/mol. The van der Waals surface area contributed by atoms with Crippen LogP contribution in [0, 0.1) is 0 Å². The van der Waals surface area contributed by atoms with Gasteiger partial charge in [0.05, 0.1) is 26.5 Å². The highest BCUT2D eigenvalue weighted by Gasteiger charge is 2.21. The van der Waals surface area contributed by atoms with Gasteiger partial charge in [0.25, 0.3) is 0 Å². The van der Waals surface area contributed by atoms with Crippen LogP contribution in [0.25, 0.3) is 246 Å². The molecule has 0 saturated carbocycles. The SMILES string of the molecule is c1cc(-c2ccc3c4ccccc4c4ccccc4c3c2)cc(-c2cc3c(cn2)sc2ccccc23)c1.c1ccc2c(c1)sc1c(-c3ccc4c5ccccc5c5ccccc5c4c3)nc(-c3ccc4c5ccccc5c5ccccc5c4c3)cc12.c1ccc2c(c1)sc1ncc(-c3ccc4c5ccccc5c5ccccc5c4c3)cc12. The second kappa shape index (κ2) is 27.2. The van der Waals surface area contributed by atoms with E-state index < -0.39 is 0 Å². The number of nitrogens with zero attached hydrogens (tertiary/aromatic N) is 3. The molecule has 0 radical (unpaired) electrons. The minimum absolute atomic E-state index is 0.994. The Balaban J connectivity index is 0.000000103. The molecule has 0 N–H and O–H groups in total. The van der Waals surface area contributed by atoms with Gasteiger partial charge in [0, 0.05) is 81.1 Å². The van der Waals surface area contributed by atoms with E-state index in [9.17, 15) is 0 Å². The van der Waals surface area contributed by atoms with E-state index in [1.807, 2.05) is 23.7 Å². The summed E-state index contributed by atoms with van der Waals surface area (Å²) in [5.74, 6) is 0. The molecule has 0 fully saturated rings. The fourth-order valence-corrected chi connectivity index (χ4v) is 22.1. The second-order valence-corrected chi connectivity index (χ2v) is 33.8. The Morgan fingerprint density at radius 1 is 0.154 bits per heavy atom. The van der Waals surface area contributed by atoms with Crippen molar-refractivity contribution in [3.63, 3.8) is 0 Å². The summed E-state index contributed by atoms with van der Waals surface area (Å²) in [6, 6.07) is 139. The maximum absolute atomic E-state index is 5.55. The highest BCUT2D eigenvalue weighted by Crippen LogP contribution is 2.48. The summed E-state index contributed by atoms with van der Waals surface area (Å²) in [4.78, 5) is 16.3. The van der Waals surface area contributed by atoms with Crippen LogP contribution in [0.4, 0.5) is 0 Å². The van der Waals surface area contributed by atoms with Crippen LogP contribution in [0.2, 0.25) is 0 Å². The molecule has 0 aliphatic rings. The second-order valence-electron chi connectivity index (χ2n) is 30.7. The van der Waals surface area contributed by atoms with E-state index in [1.165, 1.54) is 202 Å². The van der Waals surface area contributed by atoms with E-state index in [2.05, 4.69) is 382 Å². The monoisotopic (exact) mass is 1540 g/mol. The number of rotatable bonds is 5. The number of thiophene rings is 3. The van der Waals surface area contributed by atoms with Crippen LogP contribution in [-0.4, -0.2) is 15.0 Å². The summed E-state index contributed by atoms with van der Waals surface area (Å²) in [5, 5.41) is 38.6. The maximum Gasteiger partial charge on any atom is 0.124 e. The van der Waals surface area contributed by atoms with E-state index in [0.717, 1.165) is 44.2 Å². The Hall–Kier alpha value is -14.4. The largest absolute Gasteiger partial charge is 0.255 e. The van der Waals surface area contributed by atoms with E-state index in [0.29, 0.717) is 0 Å². The van der Waals surface area contributed by atoms with Crippen molar-refractivity contribution >= 4 is 224 Å². The number of hydrogen-bond acceptors (Lipinski definition) is 6. The highest BCUT2D eigenvalue weighted by molar-refractivity contribution is 7.26. The predicted octanol–water partition coefficient (Wildman–Crippen LogP) is 32.5. The third-order valence-electron chi connectivity index (χ3n) is 24.2. The summed E-state index contributed by atoms with van der Waals surface area (Å²) in [7, 11) is 0. The molecule has 0 aliphatic heterocycles. The Morgan fingerprint density at radius 3 is 0.906 bits per heavy atom. The summed E-state index contributed by atoms with van der Waals surface area (Å²) in [6.07, 6.45) is 4.04. The maximum atomic E-state index is 5.55. The van der Waals surface area contributed by atoms with Crippen molar-refractivity contribution < 1.29 is 0 Å². The number of pyridine rings is 3. The van der Waals surface area contributed by atoms with Gasteiger partial charge >= 0.3 is 0 Å². The standard InChI is InChI=1S/C47H27NS.C35H21NS.C29H17NS/c1-3-15-34-30(11-1)32-13-5-7-17-36(32)41-25-28(21-23-38(34)41)44-27-43-40-19-9-10-20-45(40)49-47(43)46(48-44)29-22-24-39-35-16-4-2-12-31(35)33-14-6-8-18-37(33)42(39)26-29;1-2-12-27-25(10-1)26-11-3-4-13-28(26)31-19-23(16-17-29(27)31)22-8-7-9-24(18-22)33-20-32-30-14-5-6-15-34(30)37-35(32)21-36-33;1-2-9-22-20(7-1)21-8-3-4-10-23(21)26-15-18(13-14-24(22)26)19-16-27-25-11-5-6-12-28(25)31-29(27)30-17-19/h1-27H;1-21H;1-17H. The summed E-state index contributed by atoms with van der Waals surface area (Å²) < 4.78 is 6.34. The summed E-state index contributed by atoms with van der Waals surface area (Å²) in [6.45, 7) is 0. The topological polar surface area (TPSA) is 38.7 Å². The summed E-state index contributed by atoms with van der Waals surface area (Å²) in [5.41, 5.74) is 11.2.